The molecule has 1 saturated heterocycles. The first-order valence-electron chi connectivity index (χ1n) is 9.85. The minimum absolute atomic E-state index is 0.160. The first-order valence-corrected chi connectivity index (χ1v) is 10.7. The standard InChI is InChI=1S/C23H27N3O2S/c1-5-25(6-2)19-12-10-18(11-13-19)14-21-22(27)26(23(28)29-21)15-24-20-9-7-8-16(3)17(20)4/h7-14,24H,5-6,15H2,1-4H3. The van der Waals surface area contributed by atoms with Crippen LogP contribution in [0.15, 0.2) is 47.4 Å². The Labute approximate surface area is 176 Å². The largest absolute Gasteiger partial charge is 0.372 e. The molecular weight excluding hydrogens is 382 g/mol. The molecule has 1 aliphatic rings. The number of hydrogen-bond donors (Lipinski definition) is 1. The molecule has 0 aliphatic carbocycles. The van der Waals surface area contributed by atoms with E-state index in [1.165, 1.54) is 4.90 Å². The minimum atomic E-state index is -0.259. The minimum Gasteiger partial charge on any atom is -0.372 e. The van der Waals surface area contributed by atoms with Gasteiger partial charge in [-0.2, -0.15) is 0 Å². The Morgan fingerprint density at radius 3 is 2.38 bits per heavy atom. The van der Waals surface area contributed by atoms with Crippen molar-refractivity contribution in [2.75, 3.05) is 30.0 Å². The number of imide groups is 1. The summed E-state index contributed by atoms with van der Waals surface area (Å²) in [5.41, 5.74) is 5.27. The van der Waals surface area contributed by atoms with Gasteiger partial charge in [0, 0.05) is 24.5 Å². The third-order valence-corrected chi connectivity index (χ3v) is 6.13. The van der Waals surface area contributed by atoms with Crippen LogP contribution in [0.25, 0.3) is 6.08 Å². The second kappa shape index (κ2) is 9.18. The van der Waals surface area contributed by atoms with Crippen molar-refractivity contribution in [2.24, 2.45) is 0 Å². The maximum atomic E-state index is 12.7. The highest BCUT2D eigenvalue weighted by Gasteiger charge is 2.34. The van der Waals surface area contributed by atoms with E-state index in [9.17, 15) is 9.59 Å². The molecule has 2 aromatic rings. The fourth-order valence-electron chi connectivity index (χ4n) is 3.26. The van der Waals surface area contributed by atoms with E-state index in [2.05, 4.69) is 24.1 Å². The van der Waals surface area contributed by atoms with E-state index in [1.54, 1.807) is 6.08 Å². The van der Waals surface area contributed by atoms with Gasteiger partial charge < -0.3 is 10.2 Å². The fraction of sp³-hybridized carbons (Fsp3) is 0.304. The Morgan fingerprint density at radius 1 is 1.03 bits per heavy atom. The van der Waals surface area contributed by atoms with Gasteiger partial charge in [-0.05, 0) is 80.4 Å². The van der Waals surface area contributed by atoms with E-state index < -0.39 is 0 Å². The highest BCUT2D eigenvalue weighted by molar-refractivity contribution is 8.18. The second-order valence-corrected chi connectivity index (χ2v) is 7.95. The molecule has 1 aliphatic heterocycles. The van der Waals surface area contributed by atoms with E-state index in [1.807, 2.05) is 56.3 Å². The summed E-state index contributed by atoms with van der Waals surface area (Å²) in [5.74, 6) is -0.259. The monoisotopic (exact) mass is 409 g/mol. The van der Waals surface area contributed by atoms with E-state index >= 15 is 0 Å². The number of amides is 2. The number of hydrogen-bond acceptors (Lipinski definition) is 5. The van der Waals surface area contributed by atoms with Gasteiger partial charge >= 0.3 is 0 Å². The Balaban J connectivity index is 1.70. The summed E-state index contributed by atoms with van der Waals surface area (Å²) in [6.45, 7) is 10.4. The van der Waals surface area contributed by atoms with Crippen molar-refractivity contribution in [3.8, 4) is 0 Å². The molecule has 1 N–H and O–H groups in total. The van der Waals surface area contributed by atoms with E-state index in [0.29, 0.717) is 4.91 Å². The molecule has 0 spiro atoms. The zero-order valence-corrected chi connectivity index (χ0v) is 18.2. The summed E-state index contributed by atoms with van der Waals surface area (Å²) in [7, 11) is 0. The van der Waals surface area contributed by atoms with E-state index in [4.69, 9.17) is 0 Å². The first kappa shape index (κ1) is 21.0. The molecule has 2 aromatic carbocycles. The lowest BCUT2D eigenvalue weighted by atomic mass is 10.1. The number of aryl methyl sites for hydroxylation is 1. The number of carbonyl (C=O) groups excluding carboxylic acids is 2. The molecule has 0 saturated carbocycles. The van der Waals surface area contributed by atoms with Crippen molar-refractivity contribution >= 4 is 40.4 Å². The predicted molar refractivity (Wildman–Crippen MR) is 122 cm³/mol. The van der Waals surface area contributed by atoms with Gasteiger partial charge in [-0.3, -0.25) is 14.5 Å². The van der Waals surface area contributed by atoms with Crippen molar-refractivity contribution in [2.45, 2.75) is 27.7 Å². The van der Waals surface area contributed by atoms with Crippen molar-refractivity contribution in [1.82, 2.24) is 4.90 Å². The topological polar surface area (TPSA) is 52.7 Å². The van der Waals surface area contributed by atoms with Crippen LogP contribution in [0.3, 0.4) is 0 Å². The average molecular weight is 410 g/mol. The summed E-state index contributed by atoms with van der Waals surface area (Å²) in [4.78, 5) is 29.1. The van der Waals surface area contributed by atoms with Crippen LogP contribution in [0.5, 0.6) is 0 Å². The third-order valence-electron chi connectivity index (χ3n) is 5.23. The normalized spacial score (nSPS) is 15.3. The summed E-state index contributed by atoms with van der Waals surface area (Å²) in [6.07, 6.45) is 1.79. The molecule has 0 atom stereocenters. The van der Waals surface area contributed by atoms with Crippen molar-refractivity contribution in [3.63, 3.8) is 0 Å². The van der Waals surface area contributed by atoms with Crippen LogP contribution in [-0.4, -0.2) is 35.8 Å². The molecule has 0 radical (unpaired) electrons. The van der Waals surface area contributed by atoms with E-state index in [0.717, 1.165) is 52.9 Å². The van der Waals surface area contributed by atoms with Crippen LogP contribution in [0.4, 0.5) is 16.2 Å². The molecule has 5 nitrogen and oxygen atoms in total. The number of benzene rings is 2. The number of rotatable bonds is 7. The van der Waals surface area contributed by atoms with Gasteiger partial charge in [-0.25, -0.2) is 0 Å². The van der Waals surface area contributed by atoms with Gasteiger partial charge in [0.1, 0.15) is 0 Å². The van der Waals surface area contributed by atoms with Gasteiger partial charge in [0.05, 0.1) is 11.6 Å². The van der Waals surface area contributed by atoms with Crippen LogP contribution >= 0.6 is 11.8 Å². The van der Waals surface area contributed by atoms with Gasteiger partial charge in [-0.15, -0.1) is 0 Å². The molecule has 0 bridgehead atoms. The number of nitrogens with one attached hydrogen (secondary N) is 1. The second-order valence-electron chi connectivity index (χ2n) is 6.96. The molecule has 1 fully saturated rings. The van der Waals surface area contributed by atoms with Crippen molar-refractivity contribution in [1.29, 1.82) is 0 Å². The smallest absolute Gasteiger partial charge is 0.295 e. The summed E-state index contributed by atoms with van der Waals surface area (Å²) < 4.78 is 0. The quantitative estimate of drug-likeness (QED) is 0.633. The number of anilines is 2. The Morgan fingerprint density at radius 2 is 1.72 bits per heavy atom. The molecular formula is C23H27N3O2S. The molecule has 6 heteroatoms. The zero-order valence-electron chi connectivity index (χ0n) is 17.4. The van der Waals surface area contributed by atoms with E-state index in [-0.39, 0.29) is 17.8 Å². The molecule has 152 valence electrons. The van der Waals surface area contributed by atoms with Gasteiger partial charge in [0.2, 0.25) is 0 Å². The van der Waals surface area contributed by atoms with Crippen molar-refractivity contribution < 1.29 is 9.59 Å². The average Bonchev–Trinajstić information content (AvgIpc) is 2.98. The Bertz CT molecular complexity index is 934. The predicted octanol–water partition coefficient (Wildman–Crippen LogP) is 5.26. The highest BCUT2D eigenvalue weighted by Crippen LogP contribution is 2.32. The summed E-state index contributed by atoms with van der Waals surface area (Å²) in [6, 6.07) is 14.0. The van der Waals surface area contributed by atoms with Crippen LogP contribution in [0.2, 0.25) is 0 Å². The first-order chi connectivity index (χ1) is 13.9. The molecule has 2 amide bonds. The molecule has 0 unspecified atom stereocenters. The van der Waals surface area contributed by atoms with Crippen molar-refractivity contribution in [3.05, 3.63) is 64.1 Å². The lowest BCUT2D eigenvalue weighted by molar-refractivity contribution is -0.122. The molecule has 0 aromatic heterocycles. The lowest BCUT2D eigenvalue weighted by Crippen LogP contribution is -2.33. The number of thioether (sulfide) groups is 1. The van der Waals surface area contributed by atoms with Crippen LogP contribution in [-0.2, 0) is 4.79 Å². The number of carbonyl (C=O) groups is 2. The molecule has 3 rings (SSSR count). The van der Waals surface area contributed by atoms with Crippen LogP contribution in [0.1, 0.15) is 30.5 Å². The highest BCUT2D eigenvalue weighted by atomic mass is 32.2. The molecule has 1 heterocycles. The maximum absolute atomic E-state index is 12.7. The lowest BCUT2D eigenvalue weighted by Gasteiger charge is -2.20. The maximum Gasteiger partial charge on any atom is 0.295 e. The summed E-state index contributed by atoms with van der Waals surface area (Å²) >= 11 is 0.987. The van der Waals surface area contributed by atoms with Gasteiger partial charge in [-0.1, -0.05) is 24.3 Å². The SMILES string of the molecule is CCN(CC)c1ccc(C=C2SC(=O)N(CNc3cccc(C)c3C)C2=O)cc1. The Hall–Kier alpha value is -2.73. The van der Waals surface area contributed by atoms with Crippen LogP contribution in [0, 0.1) is 13.8 Å². The summed E-state index contributed by atoms with van der Waals surface area (Å²) in [5, 5.41) is 2.96. The van der Waals surface area contributed by atoms with Gasteiger partial charge in [0.15, 0.2) is 0 Å². The zero-order chi connectivity index (χ0) is 21.0. The number of nitrogens with zero attached hydrogens (tertiary/aromatic N) is 2. The van der Waals surface area contributed by atoms with Crippen LogP contribution < -0.4 is 10.2 Å². The Kier molecular flexibility index (Phi) is 6.64. The third kappa shape index (κ3) is 4.65. The molecule has 29 heavy (non-hydrogen) atoms. The fourth-order valence-corrected chi connectivity index (χ4v) is 4.10. The van der Waals surface area contributed by atoms with Gasteiger partial charge in [0.25, 0.3) is 11.1 Å².